The lowest BCUT2D eigenvalue weighted by atomic mass is 10.3. The molecule has 0 saturated carbocycles. The summed E-state index contributed by atoms with van der Waals surface area (Å²) in [5.74, 6) is -1.34. The van der Waals surface area contributed by atoms with E-state index in [2.05, 4.69) is 19.7 Å². The minimum Gasteiger partial charge on any atom is -0.493 e. The van der Waals surface area contributed by atoms with Gasteiger partial charge in [0.2, 0.25) is 0 Å². The number of methoxy groups -OCH3 is 2. The molecule has 1 aromatic carbocycles. The molecule has 7 nitrogen and oxygen atoms in total. The van der Waals surface area contributed by atoms with Gasteiger partial charge in [0.1, 0.15) is 5.75 Å². The van der Waals surface area contributed by atoms with Crippen LogP contribution in [0.25, 0.3) is 11.0 Å². The van der Waals surface area contributed by atoms with Crippen molar-refractivity contribution in [3.8, 4) is 17.2 Å². The highest BCUT2D eigenvalue weighted by Gasteiger charge is 2.17. The average Bonchev–Trinajstić information content (AvgIpc) is 3.14. The van der Waals surface area contributed by atoms with Gasteiger partial charge in [0.15, 0.2) is 16.7 Å². The summed E-state index contributed by atoms with van der Waals surface area (Å²) in [5.41, 5.74) is -0.345. The second kappa shape index (κ2) is 7.65. The van der Waals surface area contributed by atoms with Crippen LogP contribution < -0.4 is 14.2 Å². The number of nitrogens with zero attached hydrogens (tertiary/aromatic N) is 2. The predicted octanol–water partition coefficient (Wildman–Crippen LogP) is 2.88. The first-order chi connectivity index (χ1) is 14.9. The first kappa shape index (κ1) is 11.8. The maximum Gasteiger partial charge on any atom is 0.387 e. The number of aromatic amines is 1. The number of hydrogen-bond donors (Lipinski definition) is 1. The van der Waals surface area contributed by atoms with E-state index in [4.69, 9.17) is 17.7 Å². The number of ether oxygens (including phenoxy) is 3. The lowest BCUT2D eigenvalue weighted by molar-refractivity contribution is -0.0497. The zero-order valence-corrected chi connectivity index (χ0v) is 13.9. The summed E-state index contributed by atoms with van der Waals surface area (Å²) in [6.07, 6.45) is 1.24. The Hall–Kier alpha value is -2.75. The van der Waals surface area contributed by atoms with Crippen molar-refractivity contribution >= 4 is 21.8 Å². The second-order valence-electron chi connectivity index (χ2n) is 4.73. The van der Waals surface area contributed by atoms with Gasteiger partial charge in [0.05, 0.1) is 55.7 Å². The van der Waals surface area contributed by atoms with Crippen molar-refractivity contribution in [2.75, 3.05) is 14.1 Å². The van der Waals surface area contributed by atoms with E-state index in [1.54, 1.807) is 0 Å². The summed E-state index contributed by atoms with van der Waals surface area (Å²) in [7, 11) is -3.49. The van der Waals surface area contributed by atoms with Crippen LogP contribution in [-0.2, 0) is 16.6 Å². The fourth-order valence-electron chi connectivity index (χ4n) is 2.11. The van der Waals surface area contributed by atoms with Crippen molar-refractivity contribution in [2.45, 2.75) is 17.5 Å². The van der Waals surface area contributed by atoms with Gasteiger partial charge in [-0.1, -0.05) is 0 Å². The summed E-state index contributed by atoms with van der Waals surface area (Å²) in [6, 6.07) is -0.724. The van der Waals surface area contributed by atoms with Crippen LogP contribution in [0.1, 0.15) is 13.9 Å². The van der Waals surface area contributed by atoms with E-state index in [0.717, 1.165) is 0 Å². The largest absolute Gasteiger partial charge is 0.493 e. The van der Waals surface area contributed by atoms with Gasteiger partial charge >= 0.3 is 6.61 Å². The van der Waals surface area contributed by atoms with E-state index in [0.29, 0.717) is 0 Å². The fourth-order valence-corrected chi connectivity index (χ4v) is 3.11. The maximum atomic E-state index is 12.9. The third-order valence-corrected chi connectivity index (χ3v) is 4.32. The molecule has 0 radical (unpaired) electrons. The first-order valence-electron chi connectivity index (χ1n) is 9.96. The highest BCUT2D eigenvalue weighted by molar-refractivity contribution is 7.84. The van der Waals surface area contributed by atoms with E-state index in [1.807, 2.05) is 0 Å². The molecule has 0 bridgehead atoms. The molecular formula is C16H15F2N3O4S. The zero-order valence-electron chi connectivity index (χ0n) is 19.1. The van der Waals surface area contributed by atoms with Crippen molar-refractivity contribution in [3.05, 3.63) is 36.1 Å². The molecule has 3 aromatic rings. The summed E-state index contributed by atoms with van der Waals surface area (Å²) in [5, 5.41) is -0.221. The minimum atomic E-state index is -3.31. The zero-order chi connectivity index (χ0) is 23.8. The van der Waals surface area contributed by atoms with Crippen LogP contribution in [0.4, 0.5) is 8.78 Å². The number of rotatable bonds is 7. The van der Waals surface area contributed by atoms with Crippen LogP contribution >= 0.6 is 0 Å². The molecule has 0 amide bonds. The molecular weight excluding hydrogens is 368 g/mol. The summed E-state index contributed by atoms with van der Waals surface area (Å²) < 4.78 is 97.6. The molecule has 0 aliphatic rings. The van der Waals surface area contributed by atoms with Crippen LogP contribution in [0.3, 0.4) is 0 Å². The van der Waals surface area contributed by atoms with Gasteiger partial charge < -0.3 is 19.2 Å². The Kier molecular flexibility index (Phi) is 3.47. The molecule has 138 valence electrons. The van der Waals surface area contributed by atoms with Gasteiger partial charge in [-0.15, -0.1) is 0 Å². The van der Waals surface area contributed by atoms with Crippen molar-refractivity contribution in [1.29, 1.82) is 0 Å². The highest BCUT2D eigenvalue weighted by Crippen LogP contribution is 2.30. The molecule has 0 spiro atoms. The Balaban J connectivity index is 1.99. The molecule has 0 fully saturated rings. The number of H-pyrrole nitrogens is 1. The molecule has 10 heteroatoms. The van der Waals surface area contributed by atoms with Gasteiger partial charge in [-0.3, -0.25) is 9.19 Å². The molecule has 0 saturated heterocycles. The lowest BCUT2D eigenvalue weighted by Gasteiger charge is -2.10. The molecule has 3 rings (SSSR count). The topological polar surface area (TPSA) is 86.3 Å². The van der Waals surface area contributed by atoms with Crippen LogP contribution in [0.15, 0.2) is 35.5 Å². The number of alkyl halides is 2. The molecule has 1 N–H and O–H groups in total. The smallest absolute Gasteiger partial charge is 0.387 e. The SMILES string of the molecule is [2H]c1c(OC(F)F)c([2H])c2[nH]c(S(=O)Cc3nccc(OC([2H])([2H])[2H])c3OC)nc2c1[2H]. The summed E-state index contributed by atoms with van der Waals surface area (Å²) >= 11 is 0. The number of fused-ring (bicyclic) bond motifs is 1. The van der Waals surface area contributed by atoms with Crippen LogP contribution in [0.5, 0.6) is 17.2 Å². The molecule has 2 aromatic heterocycles. The van der Waals surface area contributed by atoms with Crippen LogP contribution in [0.2, 0.25) is 0 Å². The first-order valence-corrected chi connectivity index (χ1v) is 8.28. The number of halogens is 2. The fraction of sp³-hybridized carbons (Fsp3) is 0.250. The third-order valence-electron chi connectivity index (χ3n) is 3.16. The average molecular weight is 389 g/mol. The van der Waals surface area contributed by atoms with Gasteiger partial charge in [0, 0.05) is 18.3 Å². The van der Waals surface area contributed by atoms with E-state index in [9.17, 15) is 13.0 Å². The molecule has 0 aliphatic carbocycles. The molecule has 0 aliphatic heterocycles. The monoisotopic (exact) mass is 389 g/mol. The minimum absolute atomic E-state index is 0.0588. The maximum absolute atomic E-state index is 12.9. The molecule has 26 heavy (non-hydrogen) atoms. The van der Waals surface area contributed by atoms with Crippen LogP contribution in [-0.4, -0.2) is 39.9 Å². The second-order valence-corrected chi connectivity index (χ2v) is 6.10. The van der Waals surface area contributed by atoms with E-state index in [-0.39, 0.29) is 39.1 Å². The number of nitrogens with one attached hydrogen (secondary N) is 1. The molecule has 1 atom stereocenters. The van der Waals surface area contributed by atoms with E-state index < -0.39 is 48.3 Å². The summed E-state index contributed by atoms with van der Waals surface area (Å²) in [4.78, 5) is 10.5. The summed E-state index contributed by atoms with van der Waals surface area (Å²) in [6.45, 7) is -3.31. The van der Waals surface area contributed by atoms with Gasteiger partial charge in [-0.05, 0) is 12.1 Å². The standard InChI is InChI=1S/C16H15F2N3O4S/c1-23-13-5-6-19-12(14(13)24-2)8-26(22)16-20-10-4-3-9(25-15(17)18)7-11(10)21-16/h3-7,15H,8H2,1-2H3,(H,20,21)/i1D3,3D,4D,7D. The Morgan fingerprint density at radius 2 is 2.27 bits per heavy atom. The van der Waals surface area contributed by atoms with E-state index in [1.165, 1.54) is 19.4 Å². The predicted molar refractivity (Wildman–Crippen MR) is 90.2 cm³/mol. The van der Waals surface area contributed by atoms with Crippen molar-refractivity contribution in [1.82, 2.24) is 15.0 Å². The molecule has 2 heterocycles. The van der Waals surface area contributed by atoms with Crippen molar-refractivity contribution in [2.24, 2.45) is 0 Å². The van der Waals surface area contributed by atoms with E-state index >= 15 is 0 Å². The Labute approximate surface area is 158 Å². The van der Waals surface area contributed by atoms with Crippen molar-refractivity contribution < 1.29 is 35.4 Å². The van der Waals surface area contributed by atoms with Crippen LogP contribution in [0, 0.1) is 0 Å². The molecule has 1 unspecified atom stereocenters. The lowest BCUT2D eigenvalue weighted by Crippen LogP contribution is -2.04. The third kappa shape index (κ3) is 3.74. The van der Waals surface area contributed by atoms with Gasteiger partial charge in [-0.25, -0.2) is 4.98 Å². The number of hydrogen-bond acceptors (Lipinski definition) is 6. The normalized spacial score (nSPS) is 16.2. The van der Waals surface area contributed by atoms with Crippen molar-refractivity contribution in [3.63, 3.8) is 0 Å². The Morgan fingerprint density at radius 1 is 1.42 bits per heavy atom. The number of aromatic nitrogens is 3. The Bertz CT molecular complexity index is 1190. The number of benzene rings is 1. The quantitative estimate of drug-likeness (QED) is 0.669. The van der Waals surface area contributed by atoms with Gasteiger partial charge in [-0.2, -0.15) is 8.78 Å². The van der Waals surface area contributed by atoms with Gasteiger partial charge in [0.25, 0.3) is 0 Å². The Morgan fingerprint density at radius 3 is 3.00 bits per heavy atom. The highest BCUT2D eigenvalue weighted by atomic mass is 32.2. The number of imidazole rings is 1. The number of pyridine rings is 1.